The molecule has 1 heterocycles. The number of hydrogen-bond acceptors (Lipinski definition) is 3. The highest BCUT2D eigenvalue weighted by atomic mass is 19.1. The van der Waals surface area contributed by atoms with Crippen molar-refractivity contribution in [3.8, 4) is 5.75 Å². The summed E-state index contributed by atoms with van der Waals surface area (Å²) in [5.74, 6) is 0.263. The number of aliphatic hydroxyl groups is 1. The minimum Gasteiger partial charge on any atom is -0.496 e. The van der Waals surface area contributed by atoms with Crippen LogP contribution < -0.4 is 4.74 Å². The monoisotopic (exact) mass is 212 g/mol. The summed E-state index contributed by atoms with van der Waals surface area (Å²) in [6, 6.07) is 4.31. The summed E-state index contributed by atoms with van der Waals surface area (Å²) >= 11 is 0. The number of methoxy groups -OCH3 is 1. The quantitative estimate of drug-likeness (QED) is 0.815. The van der Waals surface area contributed by atoms with Gasteiger partial charge in [0.25, 0.3) is 0 Å². The van der Waals surface area contributed by atoms with E-state index >= 15 is 0 Å². The molecule has 0 aliphatic carbocycles. The molecule has 2 rings (SSSR count). The highest BCUT2D eigenvalue weighted by Crippen LogP contribution is 2.37. The Hall–Kier alpha value is -1.13. The summed E-state index contributed by atoms with van der Waals surface area (Å²) in [6.07, 6.45) is 0. The van der Waals surface area contributed by atoms with Crippen molar-refractivity contribution in [3.05, 3.63) is 29.6 Å². The van der Waals surface area contributed by atoms with Gasteiger partial charge in [-0.2, -0.15) is 0 Å². The van der Waals surface area contributed by atoms with E-state index in [4.69, 9.17) is 9.47 Å². The number of rotatable bonds is 3. The van der Waals surface area contributed by atoms with Crippen LogP contribution >= 0.6 is 0 Å². The highest BCUT2D eigenvalue weighted by molar-refractivity contribution is 5.41. The van der Waals surface area contributed by atoms with Gasteiger partial charge >= 0.3 is 0 Å². The zero-order chi connectivity index (χ0) is 10.9. The Bertz CT molecular complexity index is 355. The van der Waals surface area contributed by atoms with Gasteiger partial charge in [0.1, 0.15) is 11.6 Å². The van der Waals surface area contributed by atoms with Gasteiger partial charge in [0, 0.05) is 5.56 Å². The number of hydrogen-bond donors (Lipinski definition) is 1. The summed E-state index contributed by atoms with van der Waals surface area (Å²) in [5.41, 5.74) is 0.187. The molecule has 0 aromatic heterocycles. The Morgan fingerprint density at radius 1 is 1.53 bits per heavy atom. The second kappa shape index (κ2) is 3.79. The van der Waals surface area contributed by atoms with Crippen LogP contribution in [0, 0.1) is 5.82 Å². The lowest BCUT2D eigenvalue weighted by molar-refractivity contribution is -0.0850. The van der Waals surface area contributed by atoms with Crippen molar-refractivity contribution in [1.82, 2.24) is 0 Å². The van der Waals surface area contributed by atoms with Crippen molar-refractivity contribution in [2.24, 2.45) is 0 Å². The molecule has 1 aliphatic heterocycles. The first kappa shape index (κ1) is 10.4. The summed E-state index contributed by atoms with van der Waals surface area (Å²) < 4.78 is 23.4. The van der Waals surface area contributed by atoms with Gasteiger partial charge in [0.05, 0.1) is 32.3 Å². The van der Waals surface area contributed by atoms with Gasteiger partial charge in [-0.1, -0.05) is 0 Å². The van der Waals surface area contributed by atoms with E-state index in [2.05, 4.69) is 0 Å². The van der Waals surface area contributed by atoms with Crippen LogP contribution in [0.15, 0.2) is 18.2 Å². The molecular formula is C11H13FO3. The lowest BCUT2D eigenvalue weighted by Gasteiger charge is -2.40. The standard InChI is InChI=1S/C11H13FO3/c1-14-10-3-2-8(12)4-9(10)11(5-13)6-15-7-11/h2-4,13H,5-7H2,1H3. The lowest BCUT2D eigenvalue weighted by atomic mass is 9.79. The molecule has 15 heavy (non-hydrogen) atoms. The molecule has 1 saturated heterocycles. The smallest absolute Gasteiger partial charge is 0.123 e. The Morgan fingerprint density at radius 3 is 2.73 bits per heavy atom. The summed E-state index contributed by atoms with van der Waals surface area (Å²) in [4.78, 5) is 0. The third-order valence-corrected chi connectivity index (χ3v) is 2.79. The average molecular weight is 212 g/mol. The Labute approximate surface area is 87.4 Å². The topological polar surface area (TPSA) is 38.7 Å². The number of benzene rings is 1. The van der Waals surface area contributed by atoms with Crippen molar-refractivity contribution >= 4 is 0 Å². The fourth-order valence-electron chi connectivity index (χ4n) is 1.78. The molecule has 0 spiro atoms. The molecule has 1 aromatic rings. The fraction of sp³-hybridized carbons (Fsp3) is 0.455. The van der Waals surface area contributed by atoms with E-state index in [1.807, 2.05) is 0 Å². The van der Waals surface area contributed by atoms with Crippen molar-refractivity contribution in [1.29, 1.82) is 0 Å². The summed E-state index contributed by atoms with van der Waals surface area (Å²) in [5, 5.41) is 9.34. The van der Waals surface area contributed by atoms with Crippen LogP contribution in [0.25, 0.3) is 0 Å². The predicted molar refractivity (Wildman–Crippen MR) is 52.5 cm³/mol. The second-order valence-electron chi connectivity index (χ2n) is 3.78. The van der Waals surface area contributed by atoms with E-state index in [0.29, 0.717) is 24.5 Å². The molecule has 0 amide bonds. The number of aliphatic hydroxyl groups excluding tert-OH is 1. The van der Waals surface area contributed by atoms with E-state index in [9.17, 15) is 9.50 Å². The fourth-order valence-corrected chi connectivity index (χ4v) is 1.78. The number of ether oxygens (including phenoxy) is 2. The minimum absolute atomic E-state index is 0.0627. The molecule has 0 atom stereocenters. The molecule has 3 nitrogen and oxygen atoms in total. The first-order valence-corrected chi connectivity index (χ1v) is 4.74. The molecule has 1 aromatic carbocycles. The van der Waals surface area contributed by atoms with Crippen LogP contribution in [0.3, 0.4) is 0 Å². The predicted octanol–water partition coefficient (Wildman–Crippen LogP) is 1.09. The number of halogens is 1. The van der Waals surface area contributed by atoms with Gasteiger partial charge in [-0.05, 0) is 18.2 Å². The van der Waals surface area contributed by atoms with Crippen molar-refractivity contribution in [2.75, 3.05) is 26.9 Å². The molecule has 82 valence electrons. The maximum Gasteiger partial charge on any atom is 0.123 e. The van der Waals surface area contributed by atoms with E-state index in [1.54, 1.807) is 6.07 Å². The molecule has 1 fully saturated rings. The third-order valence-electron chi connectivity index (χ3n) is 2.79. The Balaban J connectivity index is 2.44. The highest BCUT2D eigenvalue weighted by Gasteiger charge is 2.42. The average Bonchev–Trinajstić information content (AvgIpc) is 2.17. The molecule has 1 aliphatic rings. The zero-order valence-electron chi connectivity index (χ0n) is 8.50. The van der Waals surface area contributed by atoms with E-state index < -0.39 is 5.41 Å². The van der Waals surface area contributed by atoms with Gasteiger partial charge in [-0.3, -0.25) is 0 Å². The lowest BCUT2D eigenvalue weighted by Crippen LogP contribution is -2.49. The SMILES string of the molecule is COc1ccc(F)cc1C1(CO)COC1. The van der Waals surface area contributed by atoms with Crippen LogP contribution in [-0.4, -0.2) is 32.0 Å². The van der Waals surface area contributed by atoms with Crippen LogP contribution in [0.5, 0.6) is 5.75 Å². The van der Waals surface area contributed by atoms with Gasteiger partial charge in [0.2, 0.25) is 0 Å². The molecule has 4 heteroatoms. The normalized spacial score (nSPS) is 18.3. The Morgan fingerprint density at radius 2 is 2.27 bits per heavy atom. The molecule has 0 radical (unpaired) electrons. The first-order chi connectivity index (χ1) is 7.22. The molecule has 0 unspecified atom stereocenters. The van der Waals surface area contributed by atoms with Crippen LogP contribution in [-0.2, 0) is 10.2 Å². The van der Waals surface area contributed by atoms with Gasteiger partial charge < -0.3 is 14.6 Å². The third kappa shape index (κ3) is 1.60. The minimum atomic E-state index is -0.493. The second-order valence-corrected chi connectivity index (χ2v) is 3.78. The van der Waals surface area contributed by atoms with Crippen LogP contribution in [0.4, 0.5) is 4.39 Å². The van der Waals surface area contributed by atoms with Crippen LogP contribution in [0.1, 0.15) is 5.56 Å². The zero-order valence-corrected chi connectivity index (χ0v) is 8.50. The van der Waals surface area contributed by atoms with Crippen molar-refractivity contribution in [2.45, 2.75) is 5.41 Å². The van der Waals surface area contributed by atoms with Gasteiger partial charge in [0.15, 0.2) is 0 Å². The maximum absolute atomic E-state index is 13.1. The van der Waals surface area contributed by atoms with Crippen LogP contribution in [0.2, 0.25) is 0 Å². The molecule has 1 N–H and O–H groups in total. The Kier molecular flexibility index (Phi) is 2.63. The first-order valence-electron chi connectivity index (χ1n) is 4.74. The largest absolute Gasteiger partial charge is 0.496 e. The molecular weight excluding hydrogens is 199 g/mol. The van der Waals surface area contributed by atoms with Crippen molar-refractivity contribution < 1.29 is 19.0 Å². The van der Waals surface area contributed by atoms with E-state index in [-0.39, 0.29) is 12.4 Å². The van der Waals surface area contributed by atoms with Gasteiger partial charge in [-0.15, -0.1) is 0 Å². The summed E-state index contributed by atoms with van der Waals surface area (Å²) in [6.45, 7) is 0.749. The maximum atomic E-state index is 13.1. The van der Waals surface area contributed by atoms with E-state index in [0.717, 1.165) is 0 Å². The summed E-state index contributed by atoms with van der Waals surface area (Å²) in [7, 11) is 1.53. The van der Waals surface area contributed by atoms with Gasteiger partial charge in [-0.25, -0.2) is 4.39 Å². The van der Waals surface area contributed by atoms with Crippen molar-refractivity contribution in [3.63, 3.8) is 0 Å². The molecule has 0 bridgehead atoms. The van der Waals surface area contributed by atoms with E-state index in [1.165, 1.54) is 19.2 Å². The molecule has 0 saturated carbocycles.